The fourth-order valence-corrected chi connectivity index (χ4v) is 2.94. The maximum absolute atomic E-state index is 12.8. The second-order valence-electron chi connectivity index (χ2n) is 6.63. The Labute approximate surface area is 116 Å². The maximum atomic E-state index is 12.8. The molecule has 5 heteroatoms. The number of morpholine rings is 1. The molecule has 0 aromatic rings. The van der Waals surface area contributed by atoms with Crippen LogP contribution in [-0.4, -0.2) is 72.7 Å². The van der Waals surface area contributed by atoms with E-state index in [1.165, 1.54) is 0 Å². The maximum Gasteiger partial charge on any atom is 0.242 e. The van der Waals surface area contributed by atoms with Crippen LogP contribution in [0.15, 0.2) is 0 Å². The molecule has 2 fully saturated rings. The number of piperazine rings is 1. The zero-order chi connectivity index (χ0) is 14.1. The Morgan fingerprint density at radius 3 is 2.42 bits per heavy atom. The Balaban J connectivity index is 2.04. The normalized spacial score (nSPS) is 25.4. The van der Waals surface area contributed by atoms with E-state index < -0.39 is 5.54 Å². The molecule has 0 atom stereocenters. The summed E-state index contributed by atoms with van der Waals surface area (Å²) in [5, 5.41) is 3.33. The first-order valence-corrected chi connectivity index (χ1v) is 7.22. The molecule has 0 spiro atoms. The fourth-order valence-electron chi connectivity index (χ4n) is 2.94. The Morgan fingerprint density at radius 1 is 1.21 bits per heavy atom. The molecule has 0 bridgehead atoms. The van der Waals surface area contributed by atoms with Crippen LogP contribution >= 0.6 is 0 Å². The first kappa shape index (κ1) is 14.8. The van der Waals surface area contributed by atoms with Crippen LogP contribution in [0.5, 0.6) is 0 Å². The molecule has 2 saturated heterocycles. The van der Waals surface area contributed by atoms with Gasteiger partial charge in [-0.1, -0.05) is 0 Å². The third-order valence-electron chi connectivity index (χ3n) is 4.14. The van der Waals surface area contributed by atoms with Gasteiger partial charge in [-0.05, 0) is 27.7 Å². The predicted octanol–water partition coefficient (Wildman–Crippen LogP) is 0.308. The molecule has 2 aliphatic rings. The Hall–Kier alpha value is -0.650. The summed E-state index contributed by atoms with van der Waals surface area (Å²) in [7, 11) is 0. The van der Waals surface area contributed by atoms with Crippen LogP contribution in [0.4, 0.5) is 0 Å². The van der Waals surface area contributed by atoms with Gasteiger partial charge in [0.1, 0.15) is 0 Å². The van der Waals surface area contributed by atoms with E-state index in [1.807, 2.05) is 32.6 Å². The number of nitrogens with one attached hydrogen (secondary N) is 1. The van der Waals surface area contributed by atoms with Gasteiger partial charge in [-0.2, -0.15) is 0 Å². The van der Waals surface area contributed by atoms with Crippen LogP contribution in [0.1, 0.15) is 27.7 Å². The Kier molecular flexibility index (Phi) is 4.18. The lowest BCUT2D eigenvalue weighted by Gasteiger charge is -2.45. The molecular formula is C14H27N3O2. The number of rotatable bonds is 2. The molecule has 0 aromatic heterocycles. The van der Waals surface area contributed by atoms with Gasteiger partial charge in [0.15, 0.2) is 0 Å². The van der Waals surface area contributed by atoms with E-state index >= 15 is 0 Å². The number of ether oxygens (including phenoxy) is 1. The third kappa shape index (κ3) is 3.27. The fraction of sp³-hybridized carbons (Fsp3) is 0.929. The summed E-state index contributed by atoms with van der Waals surface area (Å²) in [6.07, 6.45) is 0. The van der Waals surface area contributed by atoms with Crippen molar-refractivity contribution in [1.29, 1.82) is 0 Å². The van der Waals surface area contributed by atoms with E-state index in [4.69, 9.17) is 4.74 Å². The molecule has 2 aliphatic heterocycles. The lowest BCUT2D eigenvalue weighted by Crippen LogP contribution is -2.63. The van der Waals surface area contributed by atoms with Gasteiger partial charge in [-0.25, -0.2) is 0 Å². The molecule has 0 aromatic carbocycles. The van der Waals surface area contributed by atoms with Crippen LogP contribution in [-0.2, 0) is 9.53 Å². The second-order valence-corrected chi connectivity index (χ2v) is 6.63. The third-order valence-corrected chi connectivity index (χ3v) is 4.14. The molecule has 1 amide bonds. The van der Waals surface area contributed by atoms with Gasteiger partial charge in [0.05, 0.1) is 17.7 Å². The predicted molar refractivity (Wildman–Crippen MR) is 75.1 cm³/mol. The van der Waals surface area contributed by atoms with Crippen LogP contribution in [0.25, 0.3) is 0 Å². The smallest absolute Gasteiger partial charge is 0.242 e. The van der Waals surface area contributed by atoms with Crippen LogP contribution in [0.2, 0.25) is 0 Å². The summed E-state index contributed by atoms with van der Waals surface area (Å²) < 4.78 is 5.69. The number of hydrogen-bond acceptors (Lipinski definition) is 4. The standard InChI is InChI=1S/C14H27N3O2/c1-13(2)11-16(9-10-19-13)12(18)14(3,4)17-7-5-15-6-8-17/h15H,5-11H2,1-4H3. The van der Waals surface area contributed by atoms with E-state index in [1.54, 1.807) is 0 Å². The van der Waals surface area contributed by atoms with Crippen molar-refractivity contribution in [3.05, 3.63) is 0 Å². The summed E-state index contributed by atoms with van der Waals surface area (Å²) >= 11 is 0. The number of hydrogen-bond donors (Lipinski definition) is 1. The molecule has 5 nitrogen and oxygen atoms in total. The zero-order valence-corrected chi connectivity index (χ0v) is 12.7. The Morgan fingerprint density at radius 2 is 1.84 bits per heavy atom. The van der Waals surface area contributed by atoms with Gasteiger partial charge in [0.2, 0.25) is 5.91 Å². The monoisotopic (exact) mass is 269 g/mol. The van der Waals surface area contributed by atoms with Crippen LogP contribution < -0.4 is 5.32 Å². The average Bonchev–Trinajstić information content (AvgIpc) is 2.37. The van der Waals surface area contributed by atoms with Crippen LogP contribution in [0.3, 0.4) is 0 Å². The summed E-state index contributed by atoms with van der Waals surface area (Å²) in [6, 6.07) is 0. The van der Waals surface area contributed by atoms with E-state index in [9.17, 15) is 4.79 Å². The Bertz CT molecular complexity index is 336. The van der Waals surface area contributed by atoms with Crippen molar-refractivity contribution in [2.24, 2.45) is 0 Å². The van der Waals surface area contributed by atoms with Crippen molar-refractivity contribution in [3.63, 3.8) is 0 Å². The number of carbonyl (C=O) groups excluding carboxylic acids is 1. The largest absolute Gasteiger partial charge is 0.372 e. The van der Waals surface area contributed by atoms with Crippen molar-refractivity contribution < 1.29 is 9.53 Å². The summed E-state index contributed by atoms with van der Waals surface area (Å²) in [5.41, 5.74) is -0.650. The molecule has 110 valence electrons. The van der Waals surface area contributed by atoms with E-state index in [0.29, 0.717) is 19.7 Å². The highest BCUT2D eigenvalue weighted by molar-refractivity contribution is 5.85. The van der Waals surface area contributed by atoms with E-state index in [0.717, 1.165) is 26.2 Å². The van der Waals surface area contributed by atoms with Crippen molar-refractivity contribution in [3.8, 4) is 0 Å². The van der Waals surface area contributed by atoms with Crippen molar-refractivity contribution >= 4 is 5.91 Å². The molecule has 2 heterocycles. The highest BCUT2D eigenvalue weighted by Gasteiger charge is 2.41. The number of carbonyl (C=O) groups is 1. The van der Waals surface area contributed by atoms with E-state index in [-0.39, 0.29) is 11.5 Å². The first-order chi connectivity index (χ1) is 8.83. The molecule has 2 rings (SSSR count). The molecule has 0 aliphatic carbocycles. The van der Waals surface area contributed by atoms with Crippen molar-refractivity contribution in [2.75, 3.05) is 45.9 Å². The SMILES string of the molecule is CC1(C)CN(C(=O)C(C)(C)N2CCNCC2)CCO1. The lowest BCUT2D eigenvalue weighted by molar-refractivity contribution is -0.157. The summed E-state index contributed by atoms with van der Waals surface area (Å²) in [5.74, 6) is 0.228. The molecule has 19 heavy (non-hydrogen) atoms. The highest BCUT2D eigenvalue weighted by atomic mass is 16.5. The van der Waals surface area contributed by atoms with Gasteiger partial charge in [-0.3, -0.25) is 9.69 Å². The highest BCUT2D eigenvalue weighted by Crippen LogP contribution is 2.23. The van der Waals surface area contributed by atoms with Gasteiger partial charge in [0, 0.05) is 39.3 Å². The van der Waals surface area contributed by atoms with Crippen molar-refractivity contribution in [2.45, 2.75) is 38.8 Å². The minimum Gasteiger partial charge on any atom is -0.372 e. The molecule has 0 radical (unpaired) electrons. The molecular weight excluding hydrogens is 242 g/mol. The summed E-state index contributed by atoms with van der Waals surface area (Å²) in [4.78, 5) is 17.1. The number of nitrogens with zero attached hydrogens (tertiary/aromatic N) is 2. The lowest BCUT2D eigenvalue weighted by atomic mass is 9.97. The molecule has 0 unspecified atom stereocenters. The quantitative estimate of drug-likeness (QED) is 0.783. The number of amides is 1. The van der Waals surface area contributed by atoms with Crippen molar-refractivity contribution in [1.82, 2.24) is 15.1 Å². The average molecular weight is 269 g/mol. The zero-order valence-electron chi connectivity index (χ0n) is 12.7. The van der Waals surface area contributed by atoms with E-state index in [2.05, 4.69) is 10.2 Å². The second kappa shape index (κ2) is 5.38. The minimum absolute atomic E-state index is 0.228. The minimum atomic E-state index is -0.421. The van der Waals surface area contributed by atoms with Gasteiger partial charge < -0.3 is 15.0 Å². The van der Waals surface area contributed by atoms with Gasteiger partial charge in [-0.15, -0.1) is 0 Å². The molecule has 0 saturated carbocycles. The van der Waals surface area contributed by atoms with Gasteiger partial charge in [0.25, 0.3) is 0 Å². The molecule has 1 N–H and O–H groups in total. The topological polar surface area (TPSA) is 44.8 Å². The summed E-state index contributed by atoms with van der Waals surface area (Å²) in [6.45, 7) is 14.0. The first-order valence-electron chi connectivity index (χ1n) is 7.22. The van der Waals surface area contributed by atoms with Gasteiger partial charge >= 0.3 is 0 Å². The van der Waals surface area contributed by atoms with Crippen LogP contribution in [0, 0.1) is 0 Å².